The van der Waals surface area contributed by atoms with Crippen LogP contribution in [0.15, 0.2) is 53.8 Å². The Morgan fingerprint density at radius 2 is 1.91 bits per heavy atom. The molecule has 1 fully saturated rings. The van der Waals surface area contributed by atoms with Gasteiger partial charge in [0.15, 0.2) is 0 Å². The highest BCUT2D eigenvalue weighted by Gasteiger charge is 2.33. The Labute approximate surface area is 190 Å². The molecule has 1 saturated heterocycles. The number of hydrogen-bond acceptors (Lipinski definition) is 5. The van der Waals surface area contributed by atoms with Gasteiger partial charge in [-0.05, 0) is 49.6 Å². The van der Waals surface area contributed by atoms with Gasteiger partial charge < -0.3 is 5.32 Å². The minimum Gasteiger partial charge on any atom is -0.352 e. The largest absolute Gasteiger partial charge is 0.352 e. The maximum absolute atomic E-state index is 14.0. The van der Waals surface area contributed by atoms with Crippen LogP contribution in [0.25, 0.3) is 5.82 Å². The fraction of sp³-hybridized carbons (Fsp3) is 0.318. The van der Waals surface area contributed by atoms with E-state index in [0.29, 0.717) is 25.5 Å². The molecule has 1 aliphatic heterocycles. The first-order valence-corrected chi connectivity index (χ1v) is 11.9. The van der Waals surface area contributed by atoms with Crippen molar-refractivity contribution < 1.29 is 22.0 Å². The highest BCUT2D eigenvalue weighted by molar-refractivity contribution is 7.89. The number of amides is 1. The van der Waals surface area contributed by atoms with E-state index in [-0.39, 0.29) is 24.9 Å². The fourth-order valence-electron chi connectivity index (χ4n) is 3.79. The van der Waals surface area contributed by atoms with Crippen molar-refractivity contribution in [2.75, 3.05) is 13.1 Å². The number of imidazole rings is 1. The van der Waals surface area contributed by atoms with Gasteiger partial charge in [-0.3, -0.25) is 9.36 Å². The number of hydrogen-bond donors (Lipinski definition) is 1. The minimum absolute atomic E-state index is 0.0525. The lowest BCUT2D eigenvalue weighted by Gasteiger charge is -2.30. The highest BCUT2D eigenvalue weighted by Crippen LogP contribution is 2.26. The van der Waals surface area contributed by atoms with Gasteiger partial charge in [0.2, 0.25) is 15.9 Å². The lowest BCUT2D eigenvalue weighted by Crippen LogP contribution is -2.43. The summed E-state index contributed by atoms with van der Waals surface area (Å²) in [4.78, 5) is 20.4. The molecule has 0 unspecified atom stereocenters. The minimum atomic E-state index is -4.17. The number of halogens is 2. The van der Waals surface area contributed by atoms with Crippen LogP contribution >= 0.6 is 0 Å². The number of aryl methyl sites for hydroxylation is 1. The summed E-state index contributed by atoms with van der Waals surface area (Å²) in [6.45, 7) is 2.27. The lowest BCUT2D eigenvalue weighted by atomic mass is 9.97. The van der Waals surface area contributed by atoms with Gasteiger partial charge in [0.25, 0.3) is 0 Å². The van der Waals surface area contributed by atoms with Crippen LogP contribution in [0.2, 0.25) is 0 Å². The van der Waals surface area contributed by atoms with Gasteiger partial charge in [-0.15, -0.1) is 0 Å². The summed E-state index contributed by atoms with van der Waals surface area (Å²) in [5.41, 5.74) is 0.825. The monoisotopic (exact) mass is 475 g/mol. The van der Waals surface area contributed by atoms with E-state index in [1.165, 1.54) is 0 Å². The summed E-state index contributed by atoms with van der Waals surface area (Å²) < 4.78 is 55.7. The lowest BCUT2D eigenvalue weighted by molar-refractivity contribution is -0.126. The second kappa shape index (κ2) is 9.36. The average Bonchev–Trinajstić information content (AvgIpc) is 3.25. The summed E-state index contributed by atoms with van der Waals surface area (Å²) in [6.07, 6.45) is 5.76. The van der Waals surface area contributed by atoms with E-state index < -0.39 is 26.6 Å². The average molecular weight is 476 g/mol. The first-order valence-electron chi connectivity index (χ1n) is 10.4. The summed E-state index contributed by atoms with van der Waals surface area (Å²) >= 11 is 0. The summed E-state index contributed by atoms with van der Waals surface area (Å²) in [5.74, 6) is -0.834. The molecule has 1 N–H and O–H groups in total. The molecule has 0 radical (unpaired) electrons. The summed E-state index contributed by atoms with van der Waals surface area (Å²) in [6, 6.07) is 6.04. The van der Waals surface area contributed by atoms with Crippen molar-refractivity contribution in [3.05, 3.63) is 71.9 Å². The molecule has 1 aromatic carbocycles. The molecule has 3 heterocycles. The Balaban J connectivity index is 1.31. The van der Waals surface area contributed by atoms with Crippen molar-refractivity contribution in [2.45, 2.75) is 31.2 Å². The second-order valence-corrected chi connectivity index (χ2v) is 9.75. The van der Waals surface area contributed by atoms with Crippen LogP contribution in [0.5, 0.6) is 0 Å². The number of nitrogens with one attached hydrogen (secondary N) is 1. The number of benzene rings is 1. The topological polar surface area (TPSA) is 97.2 Å². The van der Waals surface area contributed by atoms with Gasteiger partial charge in [-0.1, -0.05) is 6.07 Å². The molecule has 0 spiro atoms. The van der Waals surface area contributed by atoms with Crippen molar-refractivity contribution in [3.63, 3.8) is 0 Å². The number of pyridine rings is 1. The van der Waals surface area contributed by atoms with Crippen molar-refractivity contribution in [2.24, 2.45) is 5.92 Å². The van der Waals surface area contributed by atoms with E-state index in [9.17, 15) is 22.0 Å². The van der Waals surface area contributed by atoms with Gasteiger partial charge >= 0.3 is 0 Å². The molecule has 11 heteroatoms. The molecule has 33 heavy (non-hydrogen) atoms. The van der Waals surface area contributed by atoms with Crippen molar-refractivity contribution in [1.82, 2.24) is 24.2 Å². The molecule has 8 nitrogen and oxygen atoms in total. The number of piperidine rings is 1. The number of aromatic nitrogens is 3. The predicted molar refractivity (Wildman–Crippen MR) is 116 cm³/mol. The molecule has 0 bridgehead atoms. The molecule has 1 aliphatic rings. The predicted octanol–water partition coefficient (Wildman–Crippen LogP) is 2.57. The van der Waals surface area contributed by atoms with E-state index in [2.05, 4.69) is 15.3 Å². The fourth-order valence-corrected chi connectivity index (χ4v) is 5.34. The van der Waals surface area contributed by atoms with E-state index in [0.717, 1.165) is 33.6 Å². The van der Waals surface area contributed by atoms with E-state index >= 15 is 0 Å². The van der Waals surface area contributed by atoms with Crippen LogP contribution in [0, 0.1) is 24.5 Å². The Morgan fingerprint density at radius 3 is 2.55 bits per heavy atom. The zero-order valence-electron chi connectivity index (χ0n) is 17.9. The SMILES string of the molecule is Cc1nccn1-c1ccc(CNC(=O)C2CCN(S(=O)(=O)c3cc(F)ccc3F)CC2)cn1. The molecule has 0 atom stereocenters. The van der Waals surface area contributed by atoms with Crippen LogP contribution in [0.1, 0.15) is 24.2 Å². The molecular weight excluding hydrogens is 452 g/mol. The molecule has 0 aliphatic carbocycles. The van der Waals surface area contributed by atoms with Crippen LogP contribution in [-0.4, -0.2) is 46.3 Å². The molecule has 0 saturated carbocycles. The molecule has 174 valence electrons. The Kier molecular flexibility index (Phi) is 6.52. The molecule has 2 aromatic heterocycles. The van der Waals surface area contributed by atoms with E-state index in [1.807, 2.05) is 29.8 Å². The number of nitrogens with zero attached hydrogens (tertiary/aromatic N) is 4. The summed E-state index contributed by atoms with van der Waals surface area (Å²) in [5, 5.41) is 2.86. The third kappa shape index (κ3) is 4.93. The number of carbonyl (C=O) groups is 1. The van der Waals surface area contributed by atoms with Gasteiger partial charge in [0.05, 0.1) is 0 Å². The molecule has 3 aromatic rings. The molecule has 1 amide bonds. The standard InChI is InChI=1S/C22H23F2N5O3S/c1-15-25-8-11-29(15)21-5-2-16(13-26-21)14-27-22(30)17-6-9-28(10-7-17)33(31,32)20-12-18(23)3-4-19(20)24/h2-5,8,11-13,17H,6-7,9-10,14H2,1H3,(H,27,30). The van der Waals surface area contributed by atoms with Crippen LogP contribution < -0.4 is 5.32 Å². The van der Waals surface area contributed by atoms with Gasteiger partial charge in [-0.25, -0.2) is 27.2 Å². The van der Waals surface area contributed by atoms with E-state index in [1.54, 1.807) is 12.4 Å². The molecule has 4 rings (SSSR count). The van der Waals surface area contributed by atoms with Crippen molar-refractivity contribution in [3.8, 4) is 5.82 Å². The van der Waals surface area contributed by atoms with Gasteiger partial charge in [0, 0.05) is 44.1 Å². The van der Waals surface area contributed by atoms with Crippen LogP contribution in [-0.2, 0) is 21.4 Å². The first kappa shape index (κ1) is 23.0. The van der Waals surface area contributed by atoms with Crippen molar-refractivity contribution in [1.29, 1.82) is 0 Å². The molecular formula is C22H23F2N5O3S. The maximum atomic E-state index is 14.0. The smallest absolute Gasteiger partial charge is 0.246 e. The van der Waals surface area contributed by atoms with Gasteiger partial charge in [0.1, 0.15) is 28.2 Å². The Morgan fingerprint density at radius 1 is 1.15 bits per heavy atom. The zero-order chi connectivity index (χ0) is 23.6. The van der Waals surface area contributed by atoms with E-state index in [4.69, 9.17) is 0 Å². The first-order chi connectivity index (χ1) is 15.8. The third-order valence-corrected chi connectivity index (χ3v) is 7.60. The number of carbonyl (C=O) groups excluding carboxylic acids is 1. The van der Waals surface area contributed by atoms with Crippen LogP contribution in [0.3, 0.4) is 0 Å². The quantitative estimate of drug-likeness (QED) is 0.591. The van der Waals surface area contributed by atoms with Crippen molar-refractivity contribution >= 4 is 15.9 Å². The zero-order valence-corrected chi connectivity index (χ0v) is 18.7. The normalized spacial score (nSPS) is 15.5. The third-order valence-electron chi connectivity index (χ3n) is 5.68. The number of sulfonamides is 1. The Bertz CT molecular complexity index is 1250. The van der Waals surface area contributed by atoms with Gasteiger partial charge in [-0.2, -0.15) is 4.31 Å². The second-order valence-electron chi connectivity index (χ2n) is 7.84. The number of rotatable bonds is 6. The Hall–Kier alpha value is -3.18. The summed E-state index contributed by atoms with van der Waals surface area (Å²) in [7, 11) is -4.17. The maximum Gasteiger partial charge on any atom is 0.246 e. The highest BCUT2D eigenvalue weighted by atomic mass is 32.2. The van der Waals surface area contributed by atoms with Crippen LogP contribution in [0.4, 0.5) is 8.78 Å².